The van der Waals surface area contributed by atoms with E-state index in [-0.39, 0.29) is 5.60 Å². The minimum atomic E-state index is 0.0700. The molecule has 0 aliphatic carbocycles. The number of hydrogen-bond donors (Lipinski definition) is 0. The maximum Gasteiger partial charge on any atom is 0.0627 e. The lowest BCUT2D eigenvalue weighted by Gasteiger charge is -2.35. The molecule has 0 unspecified atom stereocenters. The van der Waals surface area contributed by atoms with Gasteiger partial charge in [0.25, 0.3) is 0 Å². The van der Waals surface area contributed by atoms with Crippen molar-refractivity contribution in [3.05, 3.63) is 0 Å². The van der Waals surface area contributed by atoms with Crippen molar-refractivity contribution in [1.29, 1.82) is 0 Å². The Bertz CT molecular complexity index is 148. The molecule has 1 aliphatic rings. The lowest BCUT2D eigenvalue weighted by molar-refractivity contribution is -0.0919. The lowest BCUT2D eigenvalue weighted by Crippen LogP contribution is -2.38. The van der Waals surface area contributed by atoms with E-state index in [0.29, 0.717) is 6.10 Å². The molecule has 0 aromatic heterocycles. The van der Waals surface area contributed by atoms with Crippen molar-refractivity contribution in [3.63, 3.8) is 0 Å². The first-order chi connectivity index (χ1) is 6.03. The minimum absolute atomic E-state index is 0.0700. The van der Waals surface area contributed by atoms with E-state index in [0.717, 1.165) is 6.42 Å². The second kappa shape index (κ2) is 4.43. The molecule has 0 aromatic carbocycles. The zero-order valence-corrected chi connectivity index (χ0v) is 9.47. The maximum atomic E-state index is 6.05. The molecule has 0 radical (unpaired) electrons. The van der Waals surface area contributed by atoms with Crippen molar-refractivity contribution in [2.75, 3.05) is 20.1 Å². The molecule has 1 heterocycles. The molecule has 0 spiro atoms. The first kappa shape index (κ1) is 11.0. The van der Waals surface area contributed by atoms with Gasteiger partial charge in [0.2, 0.25) is 0 Å². The average Bonchev–Trinajstić information content (AvgIpc) is 2.09. The van der Waals surface area contributed by atoms with Crippen LogP contribution in [0.3, 0.4) is 0 Å². The maximum absolute atomic E-state index is 6.05. The number of likely N-dealkylation sites (tertiary alicyclic amines) is 1. The highest BCUT2D eigenvalue weighted by Crippen LogP contribution is 2.21. The van der Waals surface area contributed by atoms with E-state index < -0.39 is 0 Å². The third kappa shape index (κ3) is 3.65. The molecule has 13 heavy (non-hydrogen) atoms. The largest absolute Gasteiger partial charge is 0.372 e. The Labute approximate surface area is 82.3 Å². The first-order valence-electron chi connectivity index (χ1n) is 5.40. The molecule has 1 fully saturated rings. The van der Waals surface area contributed by atoms with Crippen LogP contribution in [0.25, 0.3) is 0 Å². The third-order valence-corrected chi connectivity index (χ3v) is 3.00. The quantitative estimate of drug-likeness (QED) is 0.669. The van der Waals surface area contributed by atoms with Crippen molar-refractivity contribution >= 4 is 0 Å². The standard InChI is InChI=1S/C11H23NO/c1-5-11(2,3)13-10-6-8-12(4)9-7-10/h10H,5-9H2,1-4H3. The van der Waals surface area contributed by atoms with Crippen LogP contribution >= 0.6 is 0 Å². The lowest BCUT2D eigenvalue weighted by atomic mass is 10.0. The number of piperidine rings is 1. The Balaban J connectivity index is 2.30. The van der Waals surface area contributed by atoms with E-state index in [2.05, 4.69) is 32.7 Å². The zero-order valence-electron chi connectivity index (χ0n) is 9.47. The summed E-state index contributed by atoms with van der Waals surface area (Å²) in [6.45, 7) is 8.93. The highest BCUT2D eigenvalue weighted by Gasteiger charge is 2.24. The van der Waals surface area contributed by atoms with Crippen LogP contribution < -0.4 is 0 Å². The Kier molecular flexibility index (Phi) is 3.74. The summed E-state index contributed by atoms with van der Waals surface area (Å²) < 4.78 is 6.05. The predicted octanol–water partition coefficient (Wildman–Crippen LogP) is 2.29. The van der Waals surface area contributed by atoms with Gasteiger partial charge in [-0.2, -0.15) is 0 Å². The molecule has 1 saturated heterocycles. The molecule has 78 valence electrons. The van der Waals surface area contributed by atoms with Gasteiger partial charge >= 0.3 is 0 Å². The van der Waals surface area contributed by atoms with Gasteiger partial charge in [0.05, 0.1) is 11.7 Å². The molecular formula is C11H23NO. The van der Waals surface area contributed by atoms with E-state index in [4.69, 9.17) is 4.74 Å². The fourth-order valence-electron chi connectivity index (χ4n) is 1.64. The highest BCUT2D eigenvalue weighted by molar-refractivity contribution is 4.75. The molecule has 0 saturated carbocycles. The summed E-state index contributed by atoms with van der Waals surface area (Å²) in [6.07, 6.45) is 3.98. The van der Waals surface area contributed by atoms with Crippen molar-refractivity contribution in [2.24, 2.45) is 0 Å². The van der Waals surface area contributed by atoms with Crippen LogP contribution in [0.5, 0.6) is 0 Å². The van der Waals surface area contributed by atoms with Crippen LogP contribution in [0.1, 0.15) is 40.0 Å². The molecular weight excluding hydrogens is 162 g/mol. The van der Waals surface area contributed by atoms with Gasteiger partial charge in [-0.05, 0) is 40.2 Å². The summed E-state index contributed by atoms with van der Waals surface area (Å²) in [4.78, 5) is 2.37. The second-order valence-corrected chi connectivity index (χ2v) is 4.73. The third-order valence-electron chi connectivity index (χ3n) is 3.00. The average molecular weight is 185 g/mol. The van der Waals surface area contributed by atoms with Gasteiger partial charge in [-0.1, -0.05) is 6.92 Å². The van der Waals surface area contributed by atoms with Gasteiger partial charge in [0, 0.05) is 13.1 Å². The van der Waals surface area contributed by atoms with Crippen LogP contribution in [-0.2, 0) is 4.74 Å². The molecule has 0 atom stereocenters. The fraction of sp³-hybridized carbons (Fsp3) is 1.00. The van der Waals surface area contributed by atoms with Crippen LogP contribution in [0.15, 0.2) is 0 Å². The van der Waals surface area contributed by atoms with Gasteiger partial charge in [-0.25, -0.2) is 0 Å². The summed E-state index contributed by atoms with van der Waals surface area (Å²) in [5, 5.41) is 0. The van der Waals surface area contributed by atoms with Crippen LogP contribution in [0.4, 0.5) is 0 Å². The van der Waals surface area contributed by atoms with Gasteiger partial charge in [0.15, 0.2) is 0 Å². The SMILES string of the molecule is CCC(C)(C)OC1CCN(C)CC1. The predicted molar refractivity (Wildman–Crippen MR) is 56.0 cm³/mol. The summed E-state index contributed by atoms with van der Waals surface area (Å²) >= 11 is 0. The molecule has 0 bridgehead atoms. The number of rotatable bonds is 3. The molecule has 2 nitrogen and oxygen atoms in total. The minimum Gasteiger partial charge on any atom is -0.372 e. The Morgan fingerprint density at radius 3 is 2.31 bits per heavy atom. The molecule has 1 rings (SSSR count). The molecule has 0 aromatic rings. The van der Waals surface area contributed by atoms with Crippen LogP contribution in [0.2, 0.25) is 0 Å². The Hall–Kier alpha value is -0.0800. The first-order valence-corrected chi connectivity index (χ1v) is 5.40. The van der Waals surface area contributed by atoms with Gasteiger partial charge in [-0.3, -0.25) is 0 Å². The van der Waals surface area contributed by atoms with Crippen molar-refractivity contribution in [3.8, 4) is 0 Å². The second-order valence-electron chi connectivity index (χ2n) is 4.73. The van der Waals surface area contributed by atoms with Gasteiger partial charge in [-0.15, -0.1) is 0 Å². The topological polar surface area (TPSA) is 12.5 Å². The molecule has 1 aliphatic heterocycles. The molecule has 0 amide bonds. The Morgan fingerprint density at radius 2 is 1.85 bits per heavy atom. The van der Waals surface area contributed by atoms with E-state index in [9.17, 15) is 0 Å². The van der Waals surface area contributed by atoms with Crippen LogP contribution in [-0.4, -0.2) is 36.7 Å². The number of ether oxygens (including phenoxy) is 1. The fourth-order valence-corrected chi connectivity index (χ4v) is 1.64. The smallest absolute Gasteiger partial charge is 0.0627 e. The summed E-state index contributed by atoms with van der Waals surface area (Å²) in [5.74, 6) is 0. The van der Waals surface area contributed by atoms with E-state index in [1.807, 2.05) is 0 Å². The molecule has 2 heteroatoms. The van der Waals surface area contributed by atoms with Crippen molar-refractivity contribution < 1.29 is 4.74 Å². The highest BCUT2D eigenvalue weighted by atomic mass is 16.5. The van der Waals surface area contributed by atoms with E-state index in [1.165, 1.54) is 25.9 Å². The summed E-state index contributed by atoms with van der Waals surface area (Å²) in [6, 6.07) is 0. The number of nitrogens with zero attached hydrogens (tertiary/aromatic N) is 1. The number of hydrogen-bond acceptors (Lipinski definition) is 2. The van der Waals surface area contributed by atoms with E-state index >= 15 is 0 Å². The van der Waals surface area contributed by atoms with Gasteiger partial charge < -0.3 is 9.64 Å². The molecule has 0 N–H and O–H groups in total. The normalized spacial score (nSPS) is 22.2. The monoisotopic (exact) mass is 185 g/mol. The zero-order chi connectivity index (χ0) is 9.90. The van der Waals surface area contributed by atoms with Crippen molar-refractivity contribution in [1.82, 2.24) is 4.90 Å². The summed E-state index contributed by atoms with van der Waals surface area (Å²) in [5.41, 5.74) is 0.0700. The van der Waals surface area contributed by atoms with Crippen LogP contribution in [0, 0.1) is 0 Å². The summed E-state index contributed by atoms with van der Waals surface area (Å²) in [7, 11) is 2.18. The Morgan fingerprint density at radius 1 is 1.31 bits per heavy atom. The van der Waals surface area contributed by atoms with Crippen molar-refractivity contribution in [2.45, 2.75) is 51.7 Å². The van der Waals surface area contributed by atoms with E-state index in [1.54, 1.807) is 0 Å². The van der Waals surface area contributed by atoms with Gasteiger partial charge in [0.1, 0.15) is 0 Å².